The van der Waals surface area contributed by atoms with E-state index in [0.29, 0.717) is 12.3 Å². The van der Waals surface area contributed by atoms with E-state index in [0.717, 1.165) is 81.6 Å². The van der Waals surface area contributed by atoms with Gasteiger partial charge in [-0.15, -0.1) is 0 Å². The average Bonchev–Trinajstić information content (AvgIpc) is 3.11. The first-order valence-corrected chi connectivity index (χ1v) is 13.0. The van der Waals surface area contributed by atoms with Gasteiger partial charge in [-0.3, -0.25) is 9.69 Å². The number of fused-ring (bicyclic) bond motifs is 5. The highest BCUT2D eigenvalue weighted by molar-refractivity contribution is 5.84. The van der Waals surface area contributed by atoms with Gasteiger partial charge in [0, 0.05) is 19.0 Å². The second-order valence-corrected chi connectivity index (χ2v) is 11.8. The first-order valence-electron chi connectivity index (χ1n) is 13.0. The van der Waals surface area contributed by atoms with Crippen molar-refractivity contribution < 1.29 is 14.6 Å². The molecule has 0 spiro atoms. The summed E-state index contributed by atoms with van der Waals surface area (Å²) in [6.45, 7) is 8.66. The van der Waals surface area contributed by atoms with Crippen LogP contribution in [0.5, 0.6) is 0 Å². The molecule has 0 bridgehead atoms. The smallest absolute Gasteiger partial charge is 0.150 e. The van der Waals surface area contributed by atoms with Crippen LogP contribution >= 0.6 is 0 Å². The standard InChI is InChI=1S/C26H43NO3/c1-3-26(29)11-9-19-18(16-26)4-5-21-20(19)8-10-25(2)22(21)6-7-23(25)24(28)17-27-12-14-30-15-13-27/h18-23,29H,3-17H2,1-2H3/t18-,19+,20-,21-,22+,23-,25+,26-/m1/s1. The molecule has 4 aliphatic carbocycles. The largest absolute Gasteiger partial charge is 0.390 e. The van der Waals surface area contributed by atoms with Crippen LogP contribution in [0.1, 0.15) is 78.1 Å². The van der Waals surface area contributed by atoms with E-state index >= 15 is 0 Å². The molecule has 1 heterocycles. The number of ketones is 1. The molecule has 4 nitrogen and oxygen atoms in total. The average molecular weight is 418 g/mol. The van der Waals surface area contributed by atoms with Gasteiger partial charge in [0.15, 0.2) is 0 Å². The van der Waals surface area contributed by atoms with Gasteiger partial charge in [-0.2, -0.15) is 0 Å². The number of hydrogen-bond acceptors (Lipinski definition) is 4. The number of Topliss-reactive ketones (excluding diaryl/α,β-unsaturated/α-hetero) is 1. The topological polar surface area (TPSA) is 49.8 Å². The van der Waals surface area contributed by atoms with E-state index in [1.165, 1.54) is 38.5 Å². The number of hydrogen-bond donors (Lipinski definition) is 1. The Hall–Kier alpha value is -0.450. The van der Waals surface area contributed by atoms with Crippen LogP contribution in [0.25, 0.3) is 0 Å². The zero-order chi connectivity index (χ0) is 20.9. The molecule has 8 atom stereocenters. The van der Waals surface area contributed by atoms with Gasteiger partial charge in [0.25, 0.3) is 0 Å². The molecular formula is C26H43NO3. The second kappa shape index (κ2) is 8.15. The lowest BCUT2D eigenvalue weighted by atomic mass is 9.48. The molecule has 1 N–H and O–H groups in total. The molecule has 30 heavy (non-hydrogen) atoms. The van der Waals surface area contributed by atoms with E-state index in [1.54, 1.807) is 0 Å². The van der Waals surface area contributed by atoms with Gasteiger partial charge in [-0.25, -0.2) is 0 Å². The van der Waals surface area contributed by atoms with Crippen molar-refractivity contribution >= 4 is 5.78 Å². The van der Waals surface area contributed by atoms with Crippen molar-refractivity contribution in [2.45, 2.75) is 83.7 Å². The lowest BCUT2D eigenvalue weighted by Crippen LogP contribution is -2.52. The summed E-state index contributed by atoms with van der Waals surface area (Å²) in [6, 6.07) is 0. The van der Waals surface area contributed by atoms with Crippen LogP contribution < -0.4 is 0 Å². The zero-order valence-electron chi connectivity index (χ0n) is 19.3. The Morgan fingerprint density at radius 3 is 2.53 bits per heavy atom. The summed E-state index contributed by atoms with van der Waals surface area (Å²) < 4.78 is 5.47. The van der Waals surface area contributed by atoms with Gasteiger partial charge in [0.05, 0.1) is 25.4 Å². The maximum Gasteiger partial charge on any atom is 0.150 e. The minimum absolute atomic E-state index is 0.232. The molecule has 4 saturated carbocycles. The fourth-order valence-electron chi connectivity index (χ4n) is 8.90. The summed E-state index contributed by atoms with van der Waals surface area (Å²) in [5.41, 5.74) is -0.155. The van der Waals surface area contributed by atoms with E-state index in [9.17, 15) is 9.90 Å². The zero-order valence-corrected chi connectivity index (χ0v) is 19.3. The van der Waals surface area contributed by atoms with E-state index in [1.807, 2.05) is 0 Å². The van der Waals surface area contributed by atoms with Crippen LogP contribution in [0.2, 0.25) is 0 Å². The number of morpholine rings is 1. The summed E-state index contributed by atoms with van der Waals surface area (Å²) >= 11 is 0. The monoisotopic (exact) mass is 417 g/mol. The molecule has 5 rings (SSSR count). The molecule has 4 heteroatoms. The van der Waals surface area contributed by atoms with E-state index in [-0.39, 0.29) is 16.9 Å². The van der Waals surface area contributed by atoms with Crippen molar-refractivity contribution in [3.05, 3.63) is 0 Å². The Balaban J connectivity index is 1.27. The van der Waals surface area contributed by atoms with Crippen LogP contribution in [-0.4, -0.2) is 54.2 Å². The number of aliphatic hydroxyl groups is 1. The van der Waals surface area contributed by atoms with Gasteiger partial charge in [0.1, 0.15) is 5.78 Å². The highest BCUT2D eigenvalue weighted by atomic mass is 16.5. The Morgan fingerprint density at radius 1 is 1.00 bits per heavy atom. The third kappa shape index (κ3) is 3.59. The van der Waals surface area contributed by atoms with E-state index in [4.69, 9.17) is 4.74 Å². The normalized spacial score (nSPS) is 49.2. The molecule has 0 aromatic heterocycles. The van der Waals surface area contributed by atoms with Crippen molar-refractivity contribution in [3.8, 4) is 0 Å². The number of carbonyl (C=O) groups is 1. The number of carbonyl (C=O) groups excluding carboxylic acids is 1. The number of ether oxygens (including phenoxy) is 1. The predicted octanol–water partition coefficient (Wildman–Crippen LogP) is 4.30. The molecule has 1 aliphatic heterocycles. The molecular weight excluding hydrogens is 374 g/mol. The van der Waals surface area contributed by atoms with Gasteiger partial charge < -0.3 is 9.84 Å². The van der Waals surface area contributed by atoms with Crippen molar-refractivity contribution in [2.24, 2.45) is 40.9 Å². The van der Waals surface area contributed by atoms with E-state index < -0.39 is 0 Å². The number of rotatable bonds is 4. The SMILES string of the molecule is CC[C@@]1(O)CC[C@H]2[C@H](CC[C@@H]3[C@@H]2CC[C@]2(C)[C@@H](C(=O)CN4CCOCC4)CC[C@@H]32)C1. The van der Waals surface area contributed by atoms with Crippen LogP contribution in [0.15, 0.2) is 0 Å². The molecule has 0 unspecified atom stereocenters. The summed E-state index contributed by atoms with van der Waals surface area (Å²) in [6.07, 6.45) is 11.8. The van der Waals surface area contributed by atoms with Gasteiger partial charge >= 0.3 is 0 Å². The molecule has 5 aliphatic rings. The van der Waals surface area contributed by atoms with Gasteiger partial charge in [-0.05, 0) is 99.2 Å². The molecule has 0 radical (unpaired) electrons. The first kappa shape index (κ1) is 21.4. The fraction of sp³-hybridized carbons (Fsp3) is 0.962. The van der Waals surface area contributed by atoms with Crippen LogP contribution in [0.4, 0.5) is 0 Å². The third-order valence-electron chi connectivity index (χ3n) is 10.6. The predicted molar refractivity (Wildman–Crippen MR) is 118 cm³/mol. The molecule has 5 fully saturated rings. The maximum atomic E-state index is 13.4. The van der Waals surface area contributed by atoms with Crippen LogP contribution in [0.3, 0.4) is 0 Å². The number of nitrogens with zero attached hydrogens (tertiary/aromatic N) is 1. The molecule has 1 saturated heterocycles. The van der Waals surface area contributed by atoms with Crippen LogP contribution in [-0.2, 0) is 9.53 Å². The van der Waals surface area contributed by atoms with Gasteiger partial charge in [-0.1, -0.05) is 13.8 Å². The molecule has 0 amide bonds. The lowest BCUT2D eigenvalue weighted by Gasteiger charge is -2.57. The second-order valence-electron chi connectivity index (χ2n) is 11.8. The Kier molecular flexibility index (Phi) is 5.82. The Bertz CT molecular complexity index is 646. The summed E-state index contributed by atoms with van der Waals surface area (Å²) in [5, 5.41) is 10.9. The summed E-state index contributed by atoms with van der Waals surface area (Å²) in [5.74, 6) is 4.82. The fourth-order valence-corrected chi connectivity index (χ4v) is 8.90. The molecule has 0 aromatic rings. The highest BCUT2D eigenvalue weighted by Gasteiger charge is 2.58. The molecule has 0 aromatic carbocycles. The summed E-state index contributed by atoms with van der Waals surface area (Å²) in [4.78, 5) is 15.7. The molecule has 170 valence electrons. The quantitative estimate of drug-likeness (QED) is 0.741. The minimum Gasteiger partial charge on any atom is -0.390 e. The highest BCUT2D eigenvalue weighted by Crippen LogP contribution is 2.64. The van der Waals surface area contributed by atoms with Crippen molar-refractivity contribution in [2.75, 3.05) is 32.8 Å². The Morgan fingerprint density at radius 2 is 1.77 bits per heavy atom. The Labute approximate surface area is 183 Å². The maximum absolute atomic E-state index is 13.4. The van der Waals surface area contributed by atoms with Crippen molar-refractivity contribution in [1.82, 2.24) is 4.90 Å². The summed E-state index contributed by atoms with van der Waals surface area (Å²) in [7, 11) is 0. The van der Waals surface area contributed by atoms with Gasteiger partial charge in [0.2, 0.25) is 0 Å². The lowest BCUT2D eigenvalue weighted by molar-refractivity contribution is -0.134. The van der Waals surface area contributed by atoms with E-state index in [2.05, 4.69) is 18.7 Å². The van der Waals surface area contributed by atoms with Crippen molar-refractivity contribution in [3.63, 3.8) is 0 Å². The third-order valence-corrected chi connectivity index (χ3v) is 10.6. The first-order chi connectivity index (χ1) is 14.4. The van der Waals surface area contributed by atoms with Crippen LogP contribution in [0, 0.1) is 40.9 Å². The minimum atomic E-state index is -0.387. The van der Waals surface area contributed by atoms with Crippen molar-refractivity contribution in [1.29, 1.82) is 0 Å².